The Hall–Kier alpha value is -1.50. The molecule has 0 aliphatic carbocycles. The van der Waals surface area contributed by atoms with Crippen molar-refractivity contribution >= 4 is 10.0 Å². The zero-order chi connectivity index (χ0) is 19.0. The maximum atomic E-state index is 13.3. The molecule has 0 bridgehead atoms. The van der Waals surface area contributed by atoms with E-state index in [1.54, 1.807) is 0 Å². The van der Waals surface area contributed by atoms with E-state index in [4.69, 9.17) is 0 Å². The average molecular weight is 389 g/mol. The third kappa shape index (κ3) is 3.31. The molecule has 0 fully saturated rings. The van der Waals surface area contributed by atoms with Gasteiger partial charge in [0, 0.05) is 6.54 Å². The maximum Gasteiger partial charge on any atom is 0.460 e. The van der Waals surface area contributed by atoms with Gasteiger partial charge in [0.2, 0.25) is 0 Å². The molecule has 0 radical (unpaired) electrons. The van der Waals surface area contributed by atoms with Gasteiger partial charge in [-0.1, -0.05) is 30.3 Å². The molecule has 0 saturated carbocycles. The lowest BCUT2D eigenvalue weighted by molar-refractivity contribution is -0.382. The van der Waals surface area contributed by atoms with Crippen LogP contribution in [0.2, 0.25) is 0 Å². The minimum Gasteiger partial charge on any atom is -0.206 e. The summed E-state index contributed by atoms with van der Waals surface area (Å²) in [5.41, 5.74) is -0.0252. The molecule has 0 aliphatic heterocycles. The van der Waals surface area contributed by atoms with Crippen molar-refractivity contribution in [2.75, 3.05) is 0 Å². The molecule has 138 valence electrons. The normalized spacial score (nSPS) is 14.7. The number of benzene rings is 1. The highest BCUT2D eigenvalue weighted by atomic mass is 32.2. The summed E-state index contributed by atoms with van der Waals surface area (Å²) in [5.74, 6) is -14.5. The number of hydrogen-bond acceptors (Lipinski definition) is 2. The van der Waals surface area contributed by atoms with E-state index in [0.29, 0.717) is 0 Å². The van der Waals surface area contributed by atoms with Gasteiger partial charge in [0.1, 0.15) is 0 Å². The predicted molar refractivity (Wildman–Crippen MR) is 63.1 cm³/mol. The third-order valence-corrected chi connectivity index (χ3v) is 4.22. The molecular formula is C11H8F9NO2S. The lowest BCUT2D eigenvalue weighted by Gasteiger charge is -2.33. The van der Waals surface area contributed by atoms with E-state index in [9.17, 15) is 47.9 Å². The summed E-state index contributed by atoms with van der Waals surface area (Å²) >= 11 is 0. The lowest BCUT2D eigenvalue weighted by atomic mass is 10.1. The first kappa shape index (κ1) is 20.5. The van der Waals surface area contributed by atoms with Gasteiger partial charge < -0.3 is 0 Å². The Bertz CT molecular complexity index is 670. The van der Waals surface area contributed by atoms with E-state index < -0.39 is 39.8 Å². The second-order valence-corrected chi connectivity index (χ2v) is 6.28. The summed E-state index contributed by atoms with van der Waals surface area (Å²) < 4.78 is 137. The van der Waals surface area contributed by atoms with E-state index in [1.807, 2.05) is 0 Å². The second-order valence-electron chi connectivity index (χ2n) is 4.47. The first-order chi connectivity index (χ1) is 10.6. The molecule has 0 saturated heterocycles. The van der Waals surface area contributed by atoms with Gasteiger partial charge in [-0.3, -0.25) is 0 Å². The zero-order valence-electron chi connectivity index (χ0n) is 11.2. The minimum absolute atomic E-state index is 0.0252. The van der Waals surface area contributed by atoms with Gasteiger partial charge in [-0.25, -0.2) is 13.1 Å². The summed E-state index contributed by atoms with van der Waals surface area (Å²) in [6.07, 6.45) is -7.09. The summed E-state index contributed by atoms with van der Waals surface area (Å²) in [6, 6.07) is 6.40. The molecule has 1 N–H and O–H groups in total. The topological polar surface area (TPSA) is 46.2 Å². The van der Waals surface area contributed by atoms with Crippen LogP contribution < -0.4 is 4.72 Å². The molecule has 0 unspecified atom stereocenters. The number of halogens is 9. The van der Waals surface area contributed by atoms with Crippen LogP contribution >= 0.6 is 0 Å². The van der Waals surface area contributed by atoms with Gasteiger partial charge in [-0.05, 0) is 5.56 Å². The highest BCUT2D eigenvalue weighted by Crippen LogP contribution is 2.54. The monoisotopic (exact) mass is 389 g/mol. The Kier molecular flexibility index (Phi) is 5.22. The van der Waals surface area contributed by atoms with Crippen LogP contribution in [0, 0.1) is 0 Å². The van der Waals surface area contributed by atoms with Crippen LogP contribution in [-0.2, 0) is 16.6 Å². The van der Waals surface area contributed by atoms with Crippen LogP contribution in [0.25, 0.3) is 0 Å². The fourth-order valence-electron chi connectivity index (χ4n) is 1.39. The van der Waals surface area contributed by atoms with E-state index in [1.165, 1.54) is 30.3 Å². The van der Waals surface area contributed by atoms with Crippen molar-refractivity contribution in [1.82, 2.24) is 4.72 Å². The zero-order valence-corrected chi connectivity index (χ0v) is 12.0. The van der Waals surface area contributed by atoms with Crippen molar-refractivity contribution in [1.29, 1.82) is 0 Å². The Morgan fingerprint density at radius 2 is 1.25 bits per heavy atom. The van der Waals surface area contributed by atoms with Crippen molar-refractivity contribution in [3.8, 4) is 0 Å². The van der Waals surface area contributed by atoms with Gasteiger partial charge >= 0.3 is 23.3 Å². The Balaban J connectivity index is 3.16. The molecule has 0 spiro atoms. The van der Waals surface area contributed by atoms with Crippen LogP contribution in [0.1, 0.15) is 5.56 Å². The lowest BCUT2D eigenvalue weighted by Crippen LogP contribution is -2.64. The number of rotatable bonds is 6. The molecule has 24 heavy (non-hydrogen) atoms. The molecule has 1 rings (SSSR count). The third-order valence-electron chi connectivity index (χ3n) is 2.76. The van der Waals surface area contributed by atoms with Crippen molar-refractivity contribution in [3.63, 3.8) is 0 Å². The van der Waals surface area contributed by atoms with Gasteiger partial charge in [0.25, 0.3) is 10.0 Å². The van der Waals surface area contributed by atoms with E-state index in [2.05, 4.69) is 0 Å². The summed E-state index contributed by atoms with van der Waals surface area (Å²) in [5, 5.41) is -6.73. The number of nitrogens with one attached hydrogen (secondary N) is 1. The van der Waals surface area contributed by atoms with E-state index >= 15 is 0 Å². The average Bonchev–Trinajstić information content (AvgIpc) is 2.44. The highest BCUT2D eigenvalue weighted by Gasteiger charge is 2.85. The van der Waals surface area contributed by atoms with Crippen molar-refractivity contribution in [3.05, 3.63) is 35.9 Å². The molecule has 0 heterocycles. The Labute approximate surface area is 129 Å². The van der Waals surface area contributed by atoms with E-state index in [0.717, 1.165) is 4.72 Å². The second kappa shape index (κ2) is 6.10. The number of alkyl halides is 9. The molecule has 0 amide bonds. The summed E-state index contributed by atoms with van der Waals surface area (Å²) in [4.78, 5) is 0. The quantitative estimate of drug-likeness (QED) is 0.757. The molecule has 0 aromatic heterocycles. The summed E-state index contributed by atoms with van der Waals surface area (Å²) in [7, 11) is -6.57. The van der Waals surface area contributed by atoms with Crippen molar-refractivity contribution in [2.24, 2.45) is 0 Å². The van der Waals surface area contributed by atoms with Gasteiger partial charge in [0.15, 0.2) is 0 Å². The smallest absolute Gasteiger partial charge is 0.206 e. The van der Waals surface area contributed by atoms with Gasteiger partial charge in [0.05, 0.1) is 0 Å². The van der Waals surface area contributed by atoms with Gasteiger partial charge in [-0.2, -0.15) is 39.5 Å². The van der Waals surface area contributed by atoms with Crippen LogP contribution in [0.5, 0.6) is 0 Å². The standard InChI is InChI=1S/C11H8F9NO2S/c12-8(13,10(16,17)18)9(14,15)11(19,20)24(22,23)21-6-7-4-2-1-3-5-7/h1-5,21H,6H2. The van der Waals surface area contributed by atoms with Crippen molar-refractivity contribution < 1.29 is 47.9 Å². The molecule has 0 atom stereocenters. The molecule has 0 aliphatic rings. The van der Waals surface area contributed by atoms with Gasteiger partial charge in [-0.15, -0.1) is 0 Å². The molecule has 3 nitrogen and oxygen atoms in total. The fourth-order valence-corrected chi connectivity index (χ4v) is 2.40. The van der Waals surface area contributed by atoms with E-state index in [-0.39, 0.29) is 5.56 Å². The van der Waals surface area contributed by atoms with Crippen LogP contribution in [-0.4, -0.2) is 31.7 Å². The van der Waals surface area contributed by atoms with Crippen LogP contribution in [0.15, 0.2) is 30.3 Å². The fraction of sp³-hybridized carbons (Fsp3) is 0.455. The Morgan fingerprint density at radius 1 is 0.792 bits per heavy atom. The number of sulfonamides is 1. The first-order valence-electron chi connectivity index (χ1n) is 5.81. The highest BCUT2D eigenvalue weighted by molar-refractivity contribution is 7.90. The van der Waals surface area contributed by atoms with Crippen LogP contribution in [0.4, 0.5) is 39.5 Å². The predicted octanol–water partition coefficient (Wildman–Crippen LogP) is 3.53. The minimum atomic E-state index is -7.27. The first-order valence-corrected chi connectivity index (χ1v) is 7.29. The number of hydrogen-bond donors (Lipinski definition) is 1. The molecule has 1 aromatic carbocycles. The molecule has 13 heteroatoms. The summed E-state index contributed by atoms with van der Waals surface area (Å²) in [6.45, 7) is -1.02. The molecule has 1 aromatic rings. The maximum absolute atomic E-state index is 13.3. The van der Waals surface area contributed by atoms with Crippen molar-refractivity contribution in [2.45, 2.75) is 29.8 Å². The SMILES string of the molecule is O=S(=O)(NCc1ccccc1)C(F)(F)C(F)(F)C(F)(F)C(F)(F)F. The Morgan fingerprint density at radius 3 is 1.67 bits per heavy atom. The largest absolute Gasteiger partial charge is 0.460 e. The molecular weight excluding hydrogens is 381 g/mol. The van der Waals surface area contributed by atoms with Crippen LogP contribution in [0.3, 0.4) is 0 Å².